The molecule has 1 aromatic carbocycles. The number of phenolic OH excluding ortho intramolecular Hbond substituents is 1. The van der Waals surface area contributed by atoms with Gasteiger partial charge in [-0.1, -0.05) is 37.6 Å². The van der Waals surface area contributed by atoms with Crippen LogP contribution in [0.15, 0.2) is 24.3 Å². The van der Waals surface area contributed by atoms with E-state index in [0.29, 0.717) is 11.7 Å². The maximum absolute atomic E-state index is 9.50. The first kappa shape index (κ1) is 9.85. The smallest absolute Gasteiger partial charge is 0.122 e. The molecule has 0 radical (unpaired) electrons. The van der Waals surface area contributed by atoms with E-state index in [1.54, 1.807) is 6.07 Å². The van der Waals surface area contributed by atoms with Gasteiger partial charge in [0.25, 0.3) is 0 Å². The molecule has 1 rings (SSSR count). The molecule has 0 heterocycles. The summed E-state index contributed by atoms with van der Waals surface area (Å²) in [6.45, 7) is 6.25. The second-order valence-electron chi connectivity index (χ2n) is 3.67. The standard InChI is InChI=1S/C12H16O/c1-9(2)4-6-11-8-10(3)5-7-12(11)13/h4-9,13H,1-3H3. The highest BCUT2D eigenvalue weighted by molar-refractivity contribution is 5.57. The zero-order chi connectivity index (χ0) is 9.84. The van der Waals surface area contributed by atoms with Crippen molar-refractivity contribution >= 4 is 6.08 Å². The molecule has 0 spiro atoms. The molecule has 0 unspecified atom stereocenters. The van der Waals surface area contributed by atoms with Crippen LogP contribution in [0.3, 0.4) is 0 Å². The van der Waals surface area contributed by atoms with Gasteiger partial charge in [0.15, 0.2) is 0 Å². The average molecular weight is 176 g/mol. The van der Waals surface area contributed by atoms with Gasteiger partial charge in [0.05, 0.1) is 0 Å². The lowest BCUT2D eigenvalue weighted by molar-refractivity contribution is 0.474. The van der Waals surface area contributed by atoms with Gasteiger partial charge < -0.3 is 5.11 Å². The Kier molecular flexibility index (Phi) is 3.13. The van der Waals surface area contributed by atoms with Gasteiger partial charge in [-0.3, -0.25) is 0 Å². The second-order valence-corrected chi connectivity index (χ2v) is 3.67. The summed E-state index contributed by atoms with van der Waals surface area (Å²) >= 11 is 0. The molecular formula is C12H16O. The summed E-state index contributed by atoms with van der Waals surface area (Å²) in [7, 11) is 0. The molecule has 70 valence electrons. The normalized spacial score (nSPS) is 11.4. The Hall–Kier alpha value is -1.24. The van der Waals surface area contributed by atoms with Crippen LogP contribution in [-0.4, -0.2) is 5.11 Å². The molecule has 0 atom stereocenters. The first-order valence-corrected chi connectivity index (χ1v) is 4.57. The van der Waals surface area contributed by atoms with Crippen molar-refractivity contribution in [2.24, 2.45) is 5.92 Å². The maximum Gasteiger partial charge on any atom is 0.122 e. The first-order chi connectivity index (χ1) is 6.09. The van der Waals surface area contributed by atoms with E-state index in [1.807, 2.05) is 25.1 Å². The third-order valence-corrected chi connectivity index (χ3v) is 1.84. The number of hydrogen-bond donors (Lipinski definition) is 1. The van der Waals surface area contributed by atoms with E-state index in [-0.39, 0.29) is 0 Å². The lowest BCUT2D eigenvalue weighted by Gasteiger charge is -2.01. The van der Waals surface area contributed by atoms with Gasteiger partial charge in [-0.15, -0.1) is 0 Å². The van der Waals surface area contributed by atoms with Gasteiger partial charge in [-0.05, 0) is 25.0 Å². The lowest BCUT2D eigenvalue weighted by Crippen LogP contribution is -1.80. The molecule has 0 aliphatic carbocycles. The van der Waals surface area contributed by atoms with E-state index in [4.69, 9.17) is 0 Å². The van der Waals surface area contributed by atoms with Gasteiger partial charge in [-0.2, -0.15) is 0 Å². The molecule has 1 N–H and O–H groups in total. The molecule has 0 fully saturated rings. The number of rotatable bonds is 2. The zero-order valence-corrected chi connectivity index (χ0v) is 8.41. The molecule has 1 aromatic rings. The minimum atomic E-state index is 0.350. The van der Waals surface area contributed by atoms with Crippen LogP contribution >= 0.6 is 0 Å². The third-order valence-electron chi connectivity index (χ3n) is 1.84. The van der Waals surface area contributed by atoms with E-state index in [2.05, 4.69) is 19.9 Å². The number of hydrogen-bond acceptors (Lipinski definition) is 1. The van der Waals surface area contributed by atoms with Crippen molar-refractivity contribution in [3.63, 3.8) is 0 Å². The Morgan fingerprint density at radius 1 is 1.31 bits per heavy atom. The molecule has 1 heteroatoms. The largest absolute Gasteiger partial charge is 0.507 e. The van der Waals surface area contributed by atoms with Crippen molar-refractivity contribution in [1.29, 1.82) is 0 Å². The molecular weight excluding hydrogens is 160 g/mol. The average Bonchev–Trinajstić information content (AvgIpc) is 2.06. The van der Waals surface area contributed by atoms with Crippen LogP contribution in [-0.2, 0) is 0 Å². The predicted molar refractivity (Wildman–Crippen MR) is 56.7 cm³/mol. The SMILES string of the molecule is Cc1ccc(O)c(C=CC(C)C)c1. The summed E-state index contributed by atoms with van der Waals surface area (Å²) in [6.07, 6.45) is 4.04. The Morgan fingerprint density at radius 3 is 2.62 bits per heavy atom. The third kappa shape index (κ3) is 2.94. The minimum absolute atomic E-state index is 0.350. The number of aryl methyl sites for hydroxylation is 1. The molecule has 0 bridgehead atoms. The van der Waals surface area contributed by atoms with Gasteiger partial charge in [0.2, 0.25) is 0 Å². The summed E-state index contributed by atoms with van der Waals surface area (Å²) < 4.78 is 0. The van der Waals surface area contributed by atoms with Crippen LogP contribution in [0.2, 0.25) is 0 Å². The molecule has 0 saturated heterocycles. The van der Waals surface area contributed by atoms with E-state index in [1.165, 1.54) is 5.56 Å². The second kappa shape index (κ2) is 4.13. The summed E-state index contributed by atoms with van der Waals surface area (Å²) in [4.78, 5) is 0. The Labute approximate surface area is 79.7 Å². The summed E-state index contributed by atoms with van der Waals surface area (Å²) in [5.74, 6) is 0.863. The van der Waals surface area contributed by atoms with Crippen LogP contribution < -0.4 is 0 Å². The molecule has 13 heavy (non-hydrogen) atoms. The summed E-state index contributed by atoms with van der Waals surface area (Å²) in [6, 6.07) is 5.62. The van der Waals surface area contributed by atoms with Crippen LogP contribution in [0.5, 0.6) is 5.75 Å². The fourth-order valence-electron chi connectivity index (χ4n) is 1.10. The molecule has 0 aromatic heterocycles. The topological polar surface area (TPSA) is 20.2 Å². The van der Waals surface area contributed by atoms with Gasteiger partial charge >= 0.3 is 0 Å². The van der Waals surface area contributed by atoms with Crippen molar-refractivity contribution in [3.8, 4) is 5.75 Å². The fraction of sp³-hybridized carbons (Fsp3) is 0.333. The van der Waals surface area contributed by atoms with Crippen LogP contribution in [0.1, 0.15) is 25.0 Å². The van der Waals surface area contributed by atoms with Gasteiger partial charge in [-0.25, -0.2) is 0 Å². The quantitative estimate of drug-likeness (QED) is 0.732. The fourth-order valence-corrected chi connectivity index (χ4v) is 1.10. The Balaban J connectivity index is 2.93. The van der Waals surface area contributed by atoms with Crippen molar-refractivity contribution in [2.75, 3.05) is 0 Å². The van der Waals surface area contributed by atoms with E-state index >= 15 is 0 Å². The minimum Gasteiger partial charge on any atom is -0.507 e. The molecule has 1 nitrogen and oxygen atoms in total. The maximum atomic E-state index is 9.50. The van der Waals surface area contributed by atoms with Crippen molar-refractivity contribution in [1.82, 2.24) is 0 Å². The molecule has 0 aliphatic heterocycles. The monoisotopic (exact) mass is 176 g/mol. The Bertz CT molecular complexity index is 311. The highest BCUT2D eigenvalue weighted by atomic mass is 16.3. The number of allylic oxidation sites excluding steroid dienone is 1. The zero-order valence-electron chi connectivity index (χ0n) is 8.41. The van der Waals surface area contributed by atoms with E-state index in [0.717, 1.165) is 5.56 Å². The summed E-state index contributed by atoms with van der Waals surface area (Å²) in [5.41, 5.74) is 2.06. The van der Waals surface area contributed by atoms with E-state index in [9.17, 15) is 5.11 Å². The lowest BCUT2D eigenvalue weighted by atomic mass is 10.1. The van der Waals surface area contributed by atoms with Crippen molar-refractivity contribution < 1.29 is 5.11 Å². The van der Waals surface area contributed by atoms with Gasteiger partial charge in [0, 0.05) is 5.56 Å². The molecule has 0 aliphatic rings. The number of phenols is 1. The van der Waals surface area contributed by atoms with Crippen LogP contribution in [0, 0.1) is 12.8 Å². The molecule has 0 saturated carbocycles. The van der Waals surface area contributed by atoms with E-state index < -0.39 is 0 Å². The highest BCUT2D eigenvalue weighted by Gasteiger charge is 1.96. The number of benzene rings is 1. The number of aromatic hydroxyl groups is 1. The van der Waals surface area contributed by atoms with Gasteiger partial charge in [0.1, 0.15) is 5.75 Å². The summed E-state index contributed by atoms with van der Waals surface area (Å²) in [5, 5.41) is 9.50. The van der Waals surface area contributed by atoms with Crippen LogP contribution in [0.25, 0.3) is 6.08 Å². The highest BCUT2D eigenvalue weighted by Crippen LogP contribution is 2.20. The molecule has 0 amide bonds. The van der Waals surface area contributed by atoms with Crippen molar-refractivity contribution in [3.05, 3.63) is 35.4 Å². The predicted octanol–water partition coefficient (Wildman–Crippen LogP) is 3.37. The van der Waals surface area contributed by atoms with Crippen LogP contribution in [0.4, 0.5) is 0 Å². The Morgan fingerprint density at radius 2 is 2.00 bits per heavy atom. The first-order valence-electron chi connectivity index (χ1n) is 4.57. The van der Waals surface area contributed by atoms with Crippen molar-refractivity contribution in [2.45, 2.75) is 20.8 Å².